The van der Waals surface area contributed by atoms with Crippen LogP contribution >= 0.6 is 38.5 Å². The lowest BCUT2D eigenvalue weighted by molar-refractivity contribution is 0.0698. The maximum Gasteiger partial charge on any atom is 0.337 e. The summed E-state index contributed by atoms with van der Waals surface area (Å²) < 4.78 is 1.62. The summed E-state index contributed by atoms with van der Waals surface area (Å²) in [5, 5.41) is 11.9. The fourth-order valence-electron chi connectivity index (χ4n) is 1.85. The van der Waals surface area contributed by atoms with Crippen LogP contribution in [0.3, 0.4) is 0 Å². The third kappa shape index (κ3) is 3.62. The molecule has 0 atom stereocenters. The summed E-state index contributed by atoms with van der Waals surface area (Å²) in [6, 6.07) is 10.2. The number of halogens is 2. The summed E-state index contributed by atoms with van der Waals surface area (Å²) in [6.45, 7) is 1.82. The Morgan fingerprint density at radius 1 is 1.19 bits per heavy atom. The summed E-state index contributed by atoms with van der Waals surface area (Å²) in [7, 11) is 0. The number of carbonyl (C=O) groups excluding carboxylic acids is 1. The molecule has 21 heavy (non-hydrogen) atoms. The van der Waals surface area contributed by atoms with Gasteiger partial charge in [0.25, 0.3) is 5.91 Å². The molecule has 2 aromatic carbocycles. The van der Waals surface area contributed by atoms with E-state index in [1.165, 1.54) is 6.07 Å². The third-order valence-electron chi connectivity index (χ3n) is 2.97. The fourth-order valence-corrected chi connectivity index (χ4v) is 2.70. The Balaban J connectivity index is 2.36. The van der Waals surface area contributed by atoms with Gasteiger partial charge in [0, 0.05) is 13.6 Å². The van der Waals surface area contributed by atoms with Crippen molar-refractivity contribution in [3.63, 3.8) is 0 Å². The van der Waals surface area contributed by atoms with Crippen LogP contribution in [0.1, 0.15) is 26.3 Å². The molecular formula is C15H11BrINO3. The molecule has 2 rings (SSSR count). The highest BCUT2D eigenvalue weighted by Gasteiger charge is 2.16. The molecule has 0 aliphatic heterocycles. The van der Waals surface area contributed by atoms with Crippen molar-refractivity contribution in [2.24, 2.45) is 0 Å². The minimum atomic E-state index is -1.07. The number of amides is 1. The van der Waals surface area contributed by atoms with E-state index in [1.54, 1.807) is 24.3 Å². The SMILES string of the molecule is Cc1c(Br)cccc1C(=O)Nc1ccc(I)cc1C(=O)O. The van der Waals surface area contributed by atoms with E-state index in [0.717, 1.165) is 13.6 Å². The summed E-state index contributed by atoms with van der Waals surface area (Å²) in [5.41, 5.74) is 1.66. The first-order valence-corrected chi connectivity index (χ1v) is 7.86. The van der Waals surface area contributed by atoms with Gasteiger partial charge in [0.15, 0.2) is 0 Å². The van der Waals surface area contributed by atoms with Gasteiger partial charge in [0.2, 0.25) is 0 Å². The van der Waals surface area contributed by atoms with Gasteiger partial charge in [-0.3, -0.25) is 4.79 Å². The average Bonchev–Trinajstić information content (AvgIpc) is 2.43. The highest BCUT2D eigenvalue weighted by molar-refractivity contribution is 14.1. The van der Waals surface area contributed by atoms with E-state index in [4.69, 9.17) is 0 Å². The quantitative estimate of drug-likeness (QED) is 0.672. The topological polar surface area (TPSA) is 66.4 Å². The second-order valence-electron chi connectivity index (χ2n) is 4.36. The highest BCUT2D eigenvalue weighted by atomic mass is 127. The van der Waals surface area contributed by atoms with Crippen LogP contribution in [0.15, 0.2) is 40.9 Å². The van der Waals surface area contributed by atoms with E-state index in [9.17, 15) is 14.7 Å². The summed E-state index contributed by atoms with van der Waals surface area (Å²) in [4.78, 5) is 23.6. The van der Waals surface area contributed by atoms with Crippen molar-refractivity contribution >= 4 is 56.1 Å². The predicted molar refractivity (Wildman–Crippen MR) is 93.0 cm³/mol. The second-order valence-corrected chi connectivity index (χ2v) is 6.46. The molecular weight excluding hydrogens is 449 g/mol. The van der Waals surface area contributed by atoms with Crippen LogP contribution in [-0.4, -0.2) is 17.0 Å². The number of benzene rings is 2. The Morgan fingerprint density at radius 3 is 2.57 bits per heavy atom. The van der Waals surface area contributed by atoms with Crippen LogP contribution in [0.5, 0.6) is 0 Å². The van der Waals surface area contributed by atoms with Gasteiger partial charge < -0.3 is 10.4 Å². The Bertz CT molecular complexity index is 731. The Kier molecular flexibility index (Phi) is 5.00. The van der Waals surface area contributed by atoms with Crippen molar-refractivity contribution in [1.29, 1.82) is 0 Å². The Labute approximate surface area is 143 Å². The van der Waals surface area contributed by atoms with Crippen molar-refractivity contribution < 1.29 is 14.7 Å². The molecule has 0 bridgehead atoms. The van der Waals surface area contributed by atoms with Crippen molar-refractivity contribution in [2.45, 2.75) is 6.92 Å². The number of anilines is 1. The summed E-state index contributed by atoms with van der Waals surface area (Å²) in [5.74, 6) is -1.41. The molecule has 4 nitrogen and oxygen atoms in total. The van der Waals surface area contributed by atoms with E-state index >= 15 is 0 Å². The Hall–Kier alpha value is -1.41. The zero-order chi connectivity index (χ0) is 15.6. The smallest absolute Gasteiger partial charge is 0.337 e. The monoisotopic (exact) mass is 459 g/mol. The second kappa shape index (κ2) is 6.57. The number of carboxylic acid groups (broad SMARTS) is 1. The van der Waals surface area contributed by atoms with Gasteiger partial charge in [-0.1, -0.05) is 22.0 Å². The van der Waals surface area contributed by atoms with Crippen LogP contribution < -0.4 is 5.32 Å². The minimum Gasteiger partial charge on any atom is -0.478 e. The van der Waals surface area contributed by atoms with Gasteiger partial charge >= 0.3 is 5.97 Å². The minimum absolute atomic E-state index is 0.0721. The largest absolute Gasteiger partial charge is 0.478 e. The number of rotatable bonds is 3. The molecule has 0 aliphatic rings. The standard InChI is InChI=1S/C15H11BrINO3/c1-8-10(3-2-4-12(8)16)14(19)18-13-6-5-9(17)7-11(13)15(20)21/h2-7H,1H3,(H,18,19)(H,20,21). The van der Waals surface area contributed by atoms with Gasteiger partial charge in [-0.25, -0.2) is 4.79 Å². The van der Waals surface area contributed by atoms with E-state index < -0.39 is 5.97 Å². The van der Waals surface area contributed by atoms with Crippen LogP contribution in [0.2, 0.25) is 0 Å². The zero-order valence-corrected chi connectivity index (χ0v) is 14.7. The maximum atomic E-state index is 12.3. The van der Waals surface area contributed by atoms with Crippen LogP contribution in [0.4, 0.5) is 5.69 Å². The van der Waals surface area contributed by atoms with E-state index in [1.807, 2.05) is 35.6 Å². The maximum absolute atomic E-state index is 12.3. The molecule has 0 heterocycles. The van der Waals surface area contributed by atoms with Gasteiger partial charge in [0.05, 0.1) is 11.3 Å². The van der Waals surface area contributed by atoms with Gasteiger partial charge in [0.1, 0.15) is 0 Å². The molecule has 0 aliphatic carbocycles. The third-order valence-corrected chi connectivity index (χ3v) is 4.50. The molecule has 0 fully saturated rings. The summed E-state index contributed by atoms with van der Waals surface area (Å²) >= 11 is 5.40. The first kappa shape index (κ1) is 16.0. The number of nitrogens with one attached hydrogen (secondary N) is 1. The first-order valence-electron chi connectivity index (χ1n) is 5.99. The van der Waals surface area contributed by atoms with E-state index in [2.05, 4.69) is 21.2 Å². The molecule has 2 N–H and O–H groups in total. The normalized spacial score (nSPS) is 10.2. The molecule has 0 unspecified atom stereocenters. The van der Waals surface area contributed by atoms with Crippen molar-refractivity contribution in [2.75, 3.05) is 5.32 Å². The van der Waals surface area contributed by atoms with Gasteiger partial charge in [-0.15, -0.1) is 0 Å². The number of hydrogen-bond acceptors (Lipinski definition) is 2. The lowest BCUT2D eigenvalue weighted by Gasteiger charge is -2.11. The van der Waals surface area contributed by atoms with Crippen molar-refractivity contribution in [3.8, 4) is 0 Å². The zero-order valence-electron chi connectivity index (χ0n) is 11.0. The van der Waals surface area contributed by atoms with Crippen molar-refractivity contribution in [3.05, 3.63) is 61.1 Å². The molecule has 0 radical (unpaired) electrons. The lowest BCUT2D eigenvalue weighted by Crippen LogP contribution is -2.16. The first-order chi connectivity index (χ1) is 9.90. The number of aromatic carboxylic acids is 1. The molecule has 0 aromatic heterocycles. The molecule has 0 spiro atoms. The molecule has 2 aromatic rings. The van der Waals surface area contributed by atoms with Crippen molar-refractivity contribution in [1.82, 2.24) is 0 Å². The molecule has 6 heteroatoms. The van der Waals surface area contributed by atoms with E-state index in [0.29, 0.717) is 5.56 Å². The van der Waals surface area contributed by atoms with E-state index in [-0.39, 0.29) is 17.2 Å². The lowest BCUT2D eigenvalue weighted by atomic mass is 10.1. The van der Waals surface area contributed by atoms with Crippen LogP contribution in [-0.2, 0) is 0 Å². The molecule has 0 saturated carbocycles. The highest BCUT2D eigenvalue weighted by Crippen LogP contribution is 2.23. The molecule has 1 amide bonds. The van der Waals surface area contributed by atoms with Gasteiger partial charge in [-0.05, 0) is 65.4 Å². The predicted octanol–water partition coefficient (Wildman–Crippen LogP) is 4.31. The fraction of sp³-hybridized carbons (Fsp3) is 0.0667. The number of hydrogen-bond donors (Lipinski definition) is 2. The Morgan fingerprint density at radius 2 is 1.90 bits per heavy atom. The number of carboxylic acids is 1. The van der Waals surface area contributed by atoms with Crippen LogP contribution in [0.25, 0.3) is 0 Å². The molecule has 0 saturated heterocycles. The number of carbonyl (C=O) groups is 2. The van der Waals surface area contributed by atoms with Crippen LogP contribution in [0, 0.1) is 10.5 Å². The average molecular weight is 460 g/mol. The molecule has 108 valence electrons. The van der Waals surface area contributed by atoms with Gasteiger partial charge in [-0.2, -0.15) is 0 Å². The summed E-state index contributed by atoms with van der Waals surface area (Å²) in [6.07, 6.45) is 0.